The minimum absolute atomic E-state index is 1.21. The molecule has 0 heterocycles. The summed E-state index contributed by atoms with van der Waals surface area (Å²) in [6, 6.07) is 76.2. The summed E-state index contributed by atoms with van der Waals surface area (Å²) in [5, 5.41) is 15.2. The van der Waals surface area contributed by atoms with Gasteiger partial charge in [0.2, 0.25) is 0 Å². The molecule has 0 spiro atoms. The lowest BCUT2D eigenvalue weighted by atomic mass is 9.79. The Hall–Kier alpha value is -7.02. The number of hydrogen-bond donors (Lipinski definition) is 0. The van der Waals surface area contributed by atoms with E-state index in [1.54, 1.807) is 0 Å². The lowest BCUT2D eigenvalue weighted by molar-refractivity contribution is 1.62. The fraction of sp³-hybridized carbons (Fsp3) is 0. The maximum atomic E-state index is 2.36. The van der Waals surface area contributed by atoms with E-state index in [9.17, 15) is 0 Å². The van der Waals surface area contributed by atoms with Gasteiger partial charge < -0.3 is 0 Å². The van der Waals surface area contributed by atoms with Gasteiger partial charge in [0.05, 0.1) is 0 Å². The summed E-state index contributed by atoms with van der Waals surface area (Å²) in [6.07, 6.45) is 0. The van der Waals surface area contributed by atoms with Crippen molar-refractivity contribution in [1.82, 2.24) is 0 Å². The van der Waals surface area contributed by atoms with Crippen LogP contribution in [0, 0.1) is 0 Å². The van der Waals surface area contributed by atoms with Crippen molar-refractivity contribution in [2.45, 2.75) is 0 Å². The average Bonchev–Trinajstić information content (AvgIpc) is 3.25. The Morgan fingerprint density at radius 2 is 0.667 bits per heavy atom. The van der Waals surface area contributed by atoms with E-state index in [-0.39, 0.29) is 0 Å². The molecule has 0 bridgehead atoms. The fourth-order valence-corrected chi connectivity index (χ4v) is 9.11. The van der Waals surface area contributed by atoms with Gasteiger partial charge in [0, 0.05) is 0 Å². The highest BCUT2D eigenvalue weighted by Crippen LogP contribution is 2.51. The summed E-state index contributed by atoms with van der Waals surface area (Å²) >= 11 is 0. The van der Waals surface area contributed by atoms with Gasteiger partial charge >= 0.3 is 0 Å². The zero-order valence-electron chi connectivity index (χ0n) is 29.6. The van der Waals surface area contributed by atoms with Gasteiger partial charge in [-0.05, 0) is 115 Å². The molecule has 11 aromatic rings. The molecule has 0 N–H and O–H groups in total. The van der Waals surface area contributed by atoms with Crippen LogP contribution in [0.5, 0.6) is 0 Å². The summed E-state index contributed by atoms with van der Waals surface area (Å²) in [5.41, 5.74) is 9.98. The number of fused-ring (bicyclic) bond motifs is 9. The summed E-state index contributed by atoms with van der Waals surface area (Å²) in [5.74, 6) is 0. The van der Waals surface area contributed by atoms with Gasteiger partial charge in [-0.1, -0.05) is 200 Å². The molecular weight excluding hydrogens is 649 g/mol. The third kappa shape index (κ3) is 4.64. The van der Waals surface area contributed by atoms with Crippen LogP contribution in [0.1, 0.15) is 0 Å². The molecule has 11 rings (SSSR count). The monoisotopic (exact) mass is 682 g/mol. The van der Waals surface area contributed by atoms with Gasteiger partial charge in [-0.25, -0.2) is 0 Å². The maximum absolute atomic E-state index is 2.36. The van der Waals surface area contributed by atoms with Crippen molar-refractivity contribution in [2.24, 2.45) is 0 Å². The van der Waals surface area contributed by atoms with Crippen LogP contribution >= 0.6 is 0 Å². The highest BCUT2D eigenvalue weighted by Gasteiger charge is 2.24. The second-order valence-corrected chi connectivity index (χ2v) is 14.3. The van der Waals surface area contributed by atoms with Crippen LogP contribution in [0.3, 0.4) is 0 Å². The Bertz CT molecular complexity index is 3170. The van der Waals surface area contributed by atoms with Gasteiger partial charge in [0.15, 0.2) is 0 Å². The standard InChI is InChI=1S/C54H34/c1-2-17-36(18-3-1)40-32-33-50-43-23-8-7-21-41(43)42-22-9-11-25-45(42)52(50)54(40)53-48-28-14-12-26-46(48)51(47-27-13-15-29-49(47)53)44-24-10-6-20-39(44)38-31-30-35-16-4-5-19-37(35)34-38/h1-34H. The van der Waals surface area contributed by atoms with Gasteiger partial charge in [-0.2, -0.15) is 0 Å². The first-order valence-corrected chi connectivity index (χ1v) is 18.8. The highest BCUT2D eigenvalue weighted by molar-refractivity contribution is 6.33. The predicted molar refractivity (Wildman–Crippen MR) is 233 cm³/mol. The van der Waals surface area contributed by atoms with Gasteiger partial charge in [-0.15, -0.1) is 0 Å². The van der Waals surface area contributed by atoms with Crippen molar-refractivity contribution in [3.63, 3.8) is 0 Å². The molecule has 0 aliphatic carbocycles. The molecule has 0 atom stereocenters. The van der Waals surface area contributed by atoms with E-state index in [1.807, 2.05) is 0 Å². The SMILES string of the molecule is c1ccc(-c2ccc3c4ccccc4c4ccccc4c3c2-c2c3ccccc3c(-c3ccccc3-c3ccc4ccccc4c3)c3ccccc23)cc1. The van der Waals surface area contributed by atoms with Crippen molar-refractivity contribution >= 4 is 64.6 Å². The smallest absolute Gasteiger partial charge is 0.000785 e. The number of rotatable bonds is 4. The topological polar surface area (TPSA) is 0 Å². The lowest BCUT2D eigenvalue weighted by Crippen LogP contribution is -1.96. The molecule has 0 amide bonds. The summed E-state index contributed by atoms with van der Waals surface area (Å²) < 4.78 is 0. The van der Waals surface area contributed by atoms with Crippen LogP contribution in [0.2, 0.25) is 0 Å². The van der Waals surface area contributed by atoms with E-state index in [4.69, 9.17) is 0 Å². The first-order valence-electron chi connectivity index (χ1n) is 18.8. The Morgan fingerprint density at radius 3 is 1.31 bits per heavy atom. The minimum Gasteiger partial charge on any atom is -0.0622 e. The molecule has 0 saturated carbocycles. The van der Waals surface area contributed by atoms with Crippen LogP contribution < -0.4 is 0 Å². The normalized spacial score (nSPS) is 11.7. The molecule has 11 aromatic carbocycles. The molecule has 0 aliphatic heterocycles. The third-order valence-electron chi connectivity index (χ3n) is 11.4. The highest BCUT2D eigenvalue weighted by atomic mass is 14.3. The molecule has 0 unspecified atom stereocenters. The fourth-order valence-electron chi connectivity index (χ4n) is 9.11. The van der Waals surface area contributed by atoms with Crippen LogP contribution in [0.4, 0.5) is 0 Å². The Labute approximate surface area is 314 Å². The van der Waals surface area contributed by atoms with Crippen LogP contribution in [-0.2, 0) is 0 Å². The lowest BCUT2D eigenvalue weighted by Gasteiger charge is -2.23. The average molecular weight is 683 g/mol. The summed E-state index contributed by atoms with van der Waals surface area (Å²) in [7, 11) is 0. The second kappa shape index (κ2) is 12.3. The maximum Gasteiger partial charge on any atom is -0.000785 e. The first kappa shape index (κ1) is 30.6. The van der Waals surface area contributed by atoms with Crippen molar-refractivity contribution in [2.75, 3.05) is 0 Å². The van der Waals surface area contributed by atoms with E-state index in [0.717, 1.165) is 0 Å². The van der Waals surface area contributed by atoms with Crippen LogP contribution in [-0.4, -0.2) is 0 Å². The summed E-state index contributed by atoms with van der Waals surface area (Å²) in [6.45, 7) is 0. The molecule has 0 aromatic heterocycles. The van der Waals surface area contributed by atoms with E-state index in [1.165, 1.54) is 109 Å². The Kier molecular flexibility index (Phi) is 6.97. The zero-order chi connectivity index (χ0) is 35.6. The molecule has 0 radical (unpaired) electrons. The second-order valence-electron chi connectivity index (χ2n) is 14.3. The van der Waals surface area contributed by atoms with E-state index in [0.29, 0.717) is 0 Å². The van der Waals surface area contributed by atoms with Crippen molar-refractivity contribution in [1.29, 1.82) is 0 Å². The molecule has 54 heavy (non-hydrogen) atoms. The van der Waals surface area contributed by atoms with Gasteiger partial charge in [0.1, 0.15) is 0 Å². The van der Waals surface area contributed by atoms with Crippen molar-refractivity contribution < 1.29 is 0 Å². The Balaban J connectivity index is 1.32. The van der Waals surface area contributed by atoms with Crippen molar-refractivity contribution in [3.8, 4) is 44.5 Å². The molecule has 0 aliphatic rings. The molecule has 0 heteroatoms. The van der Waals surface area contributed by atoms with Gasteiger partial charge in [0.25, 0.3) is 0 Å². The molecule has 0 fully saturated rings. The first-order chi connectivity index (χ1) is 26.8. The zero-order valence-corrected chi connectivity index (χ0v) is 29.6. The largest absolute Gasteiger partial charge is 0.0622 e. The molecule has 0 nitrogen and oxygen atoms in total. The van der Waals surface area contributed by atoms with Gasteiger partial charge in [-0.3, -0.25) is 0 Å². The quantitative estimate of drug-likeness (QED) is 0.128. The summed E-state index contributed by atoms with van der Waals surface area (Å²) in [4.78, 5) is 0. The van der Waals surface area contributed by atoms with Crippen LogP contribution in [0.15, 0.2) is 206 Å². The minimum atomic E-state index is 1.21. The Morgan fingerprint density at radius 1 is 0.204 bits per heavy atom. The third-order valence-corrected chi connectivity index (χ3v) is 11.4. The van der Waals surface area contributed by atoms with E-state index >= 15 is 0 Å². The molecule has 0 saturated heterocycles. The predicted octanol–water partition coefficient (Wildman–Crippen LogP) is 15.3. The molecular formula is C54H34. The van der Waals surface area contributed by atoms with E-state index in [2.05, 4.69) is 206 Å². The number of hydrogen-bond acceptors (Lipinski definition) is 0. The van der Waals surface area contributed by atoms with Crippen LogP contribution in [0.25, 0.3) is 109 Å². The van der Waals surface area contributed by atoms with E-state index < -0.39 is 0 Å². The van der Waals surface area contributed by atoms with Crippen molar-refractivity contribution in [3.05, 3.63) is 206 Å². The number of benzene rings is 11. The molecule has 250 valence electrons.